The van der Waals surface area contributed by atoms with Crippen LogP contribution < -0.4 is 10.6 Å². The molecule has 0 radical (unpaired) electrons. The molecule has 0 aliphatic carbocycles. The highest BCUT2D eigenvalue weighted by Crippen LogP contribution is 2.09. The molecule has 1 aromatic rings. The summed E-state index contributed by atoms with van der Waals surface area (Å²) in [6, 6.07) is 7.55. The Bertz CT molecular complexity index is 315. The second-order valence-electron chi connectivity index (χ2n) is 2.91. The third kappa shape index (κ3) is 3.77. The standard InChI is InChI=1S/C10H13ClN2O/c1-12-10(14)7-13-6-8-3-2-4-9(11)5-8/h2-5,13H,6-7H2,1H3,(H,12,14). The molecule has 2 N–H and O–H groups in total. The lowest BCUT2D eigenvalue weighted by atomic mass is 10.2. The van der Waals surface area contributed by atoms with Crippen LogP contribution in [-0.2, 0) is 11.3 Å². The van der Waals surface area contributed by atoms with Crippen LogP contribution in [0.3, 0.4) is 0 Å². The summed E-state index contributed by atoms with van der Waals surface area (Å²) in [5.74, 6) is -0.0213. The Balaban J connectivity index is 2.35. The van der Waals surface area contributed by atoms with E-state index in [0.29, 0.717) is 18.1 Å². The summed E-state index contributed by atoms with van der Waals surface area (Å²) in [7, 11) is 1.61. The molecule has 0 aliphatic heterocycles. The maximum absolute atomic E-state index is 10.9. The van der Waals surface area contributed by atoms with E-state index in [1.807, 2.05) is 24.3 Å². The molecule has 3 nitrogen and oxygen atoms in total. The van der Waals surface area contributed by atoms with Gasteiger partial charge < -0.3 is 10.6 Å². The van der Waals surface area contributed by atoms with E-state index in [4.69, 9.17) is 11.6 Å². The number of rotatable bonds is 4. The minimum atomic E-state index is -0.0213. The van der Waals surface area contributed by atoms with Crippen molar-refractivity contribution in [3.63, 3.8) is 0 Å². The van der Waals surface area contributed by atoms with Gasteiger partial charge in [-0.05, 0) is 17.7 Å². The van der Waals surface area contributed by atoms with E-state index >= 15 is 0 Å². The zero-order valence-electron chi connectivity index (χ0n) is 8.01. The van der Waals surface area contributed by atoms with Gasteiger partial charge in [0.05, 0.1) is 6.54 Å². The number of nitrogens with one attached hydrogen (secondary N) is 2. The number of hydrogen-bond acceptors (Lipinski definition) is 2. The van der Waals surface area contributed by atoms with Gasteiger partial charge in [-0.3, -0.25) is 4.79 Å². The van der Waals surface area contributed by atoms with E-state index in [2.05, 4.69) is 10.6 Å². The third-order valence-electron chi connectivity index (χ3n) is 1.78. The van der Waals surface area contributed by atoms with Crippen molar-refractivity contribution in [2.75, 3.05) is 13.6 Å². The molecule has 0 bridgehead atoms. The van der Waals surface area contributed by atoms with Crippen LogP contribution in [0.25, 0.3) is 0 Å². The molecule has 0 spiro atoms. The number of hydrogen-bond donors (Lipinski definition) is 2. The second-order valence-corrected chi connectivity index (χ2v) is 3.34. The van der Waals surface area contributed by atoms with Gasteiger partial charge in [0.1, 0.15) is 0 Å². The number of benzene rings is 1. The number of halogens is 1. The fraction of sp³-hybridized carbons (Fsp3) is 0.300. The summed E-state index contributed by atoms with van der Waals surface area (Å²) in [5.41, 5.74) is 1.07. The second kappa shape index (κ2) is 5.62. The highest BCUT2D eigenvalue weighted by Gasteiger charge is 1.97. The Morgan fingerprint density at radius 3 is 2.93 bits per heavy atom. The largest absolute Gasteiger partial charge is 0.358 e. The monoisotopic (exact) mass is 212 g/mol. The minimum Gasteiger partial charge on any atom is -0.358 e. The number of likely N-dealkylation sites (N-methyl/N-ethyl adjacent to an activating group) is 1. The van der Waals surface area contributed by atoms with Crippen LogP contribution in [0.1, 0.15) is 5.56 Å². The smallest absolute Gasteiger partial charge is 0.233 e. The normalized spacial score (nSPS) is 9.86. The van der Waals surface area contributed by atoms with Gasteiger partial charge in [-0.25, -0.2) is 0 Å². The Morgan fingerprint density at radius 2 is 2.29 bits per heavy atom. The predicted octanol–water partition coefficient (Wildman–Crippen LogP) is 1.18. The van der Waals surface area contributed by atoms with Crippen molar-refractivity contribution in [2.24, 2.45) is 0 Å². The van der Waals surface area contributed by atoms with Gasteiger partial charge in [0.15, 0.2) is 0 Å². The van der Waals surface area contributed by atoms with Crippen molar-refractivity contribution in [2.45, 2.75) is 6.54 Å². The molecule has 1 aromatic carbocycles. The zero-order chi connectivity index (χ0) is 10.4. The molecular weight excluding hydrogens is 200 g/mol. The first-order valence-corrected chi connectivity index (χ1v) is 4.76. The molecule has 76 valence electrons. The van der Waals surface area contributed by atoms with Crippen LogP contribution in [0.15, 0.2) is 24.3 Å². The fourth-order valence-corrected chi connectivity index (χ4v) is 1.27. The van der Waals surface area contributed by atoms with Crippen LogP contribution in [0.4, 0.5) is 0 Å². The van der Waals surface area contributed by atoms with E-state index in [-0.39, 0.29) is 5.91 Å². The Labute approximate surface area is 88.5 Å². The van der Waals surface area contributed by atoms with E-state index in [0.717, 1.165) is 5.56 Å². The first-order valence-electron chi connectivity index (χ1n) is 4.38. The quantitative estimate of drug-likeness (QED) is 0.787. The van der Waals surface area contributed by atoms with Crippen molar-refractivity contribution in [3.8, 4) is 0 Å². The molecule has 0 fully saturated rings. The van der Waals surface area contributed by atoms with Gasteiger partial charge in [0.25, 0.3) is 0 Å². The van der Waals surface area contributed by atoms with E-state index in [1.54, 1.807) is 7.05 Å². The first kappa shape index (κ1) is 11.0. The summed E-state index contributed by atoms with van der Waals surface area (Å²) in [5, 5.41) is 6.26. The minimum absolute atomic E-state index is 0.0213. The summed E-state index contributed by atoms with van der Waals surface area (Å²) in [6.07, 6.45) is 0. The van der Waals surface area contributed by atoms with Crippen molar-refractivity contribution < 1.29 is 4.79 Å². The number of carbonyl (C=O) groups excluding carboxylic acids is 1. The molecule has 1 rings (SSSR count). The van der Waals surface area contributed by atoms with Crippen LogP contribution in [0.2, 0.25) is 5.02 Å². The van der Waals surface area contributed by atoms with Crippen molar-refractivity contribution in [1.29, 1.82) is 0 Å². The van der Waals surface area contributed by atoms with Crippen molar-refractivity contribution in [3.05, 3.63) is 34.9 Å². The molecule has 14 heavy (non-hydrogen) atoms. The molecule has 0 saturated heterocycles. The fourth-order valence-electron chi connectivity index (χ4n) is 1.06. The lowest BCUT2D eigenvalue weighted by molar-refractivity contribution is -0.119. The van der Waals surface area contributed by atoms with Gasteiger partial charge in [0, 0.05) is 18.6 Å². The van der Waals surface area contributed by atoms with Crippen LogP contribution in [0.5, 0.6) is 0 Å². The molecule has 0 aromatic heterocycles. The maximum atomic E-state index is 10.9. The van der Waals surface area contributed by atoms with E-state index in [9.17, 15) is 4.79 Å². The molecule has 4 heteroatoms. The van der Waals surface area contributed by atoms with Gasteiger partial charge in [-0.15, -0.1) is 0 Å². The highest BCUT2D eigenvalue weighted by molar-refractivity contribution is 6.30. The van der Waals surface area contributed by atoms with Crippen LogP contribution in [-0.4, -0.2) is 19.5 Å². The molecule has 0 unspecified atom stereocenters. The van der Waals surface area contributed by atoms with E-state index in [1.165, 1.54) is 0 Å². The van der Waals surface area contributed by atoms with Gasteiger partial charge >= 0.3 is 0 Å². The SMILES string of the molecule is CNC(=O)CNCc1cccc(Cl)c1. The zero-order valence-corrected chi connectivity index (χ0v) is 8.77. The van der Waals surface area contributed by atoms with Gasteiger partial charge in [-0.2, -0.15) is 0 Å². The number of amides is 1. The van der Waals surface area contributed by atoms with Crippen molar-refractivity contribution in [1.82, 2.24) is 10.6 Å². The lowest BCUT2D eigenvalue weighted by Gasteiger charge is -2.03. The lowest BCUT2D eigenvalue weighted by Crippen LogP contribution is -2.30. The molecule has 1 amide bonds. The van der Waals surface area contributed by atoms with Crippen molar-refractivity contribution >= 4 is 17.5 Å². The van der Waals surface area contributed by atoms with E-state index < -0.39 is 0 Å². The van der Waals surface area contributed by atoms with Gasteiger partial charge in [-0.1, -0.05) is 23.7 Å². The summed E-state index contributed by atoms with van der Waals surface area (Å²) in [6.45, 7) is 0.969. The third-order valence-corrected chi connectivity index (χ3v) is 2.02. The maximum Gasteiger partial charge on any atom is 0.233 e. The summed E-state index contributed by atoms with van der Waals surface area (Å²) < 4.78 is 0. The molecule has 0 saturated carbocycles. The highest BCUT2D eigenvalue weighted by atomic mass is 35.5. The van der Waals surface area contributed by atoms with Crippen LogP contribution >= 0.6 is 11.6 Å². The molecule has 0 heterocycles. The Kier molecular flexibility index (Phi) is 4.43. The van der Waals surface area contributed by atoms with Gasteiger partial charge in [0.2, 0.25) is 5.91 Å². The Hall–Kier alpha value is -1.06. The van der Waals surface area contributed by atoms with Crippen LogP contribution in [0, 0.1) is 0 Å². The predicted molar refractivity (Wildman–Crippen MR) is 57.2 cm³/mol. The number of carbonyl (C=O) groups is 1. The average Bonchev–Trinajstić information content (AvgIpc) is 2.17. The topological polar surface area (TPSA) is 41.1 Å². The summed E-state index contributed by atoms with van der Waals surface area (Å²) in [4.78, 5) is 10.9. The molecular formula is C10H13ClN2O. The molecule has 0 atom stereocenters. The summed E-state index contributed by atoms with van der Waals surface area (Å²) >= 11 is 5.81. The average molecular weight is 213 g/mol. The Morgan fingerprint density at radius 1 is 1.50 bits per heavy atom. The molecule has 0 aliphatic rings. The first-order chi connectivity index (χ1) is 6.72.